The number of amides is 3. The Bertz CT molecular complexity index is 800. The van der Waals surface area contributed by atoms with Crippen molar-refractivity contribution in [3.8, 4) is 0 Å². The van der Waals surface area contributed by atoms with Gasteiger partial charge in [0, 0.05) is 50.3 Å². The number of nitrogens with zero attached hydrogens (tertiary/aromatic N) is 2. The Morgan fingerprint density at radius 3 is 1.89 bits per heavy atom. The summed E-state index contributed by atoms with van der Waals surface area (Å²) in [6.45, 7) is 2.65. The van der Waals surface area contributed by atoms with Crippen molar-refractivity contribution in [1.29, 1.82) is 0 Å². The van der Waals surface area contributed by atoms with Gasteiger partial charge in [0.1, 0.15) is 0 Å². The predicted molar refractivity (Wildman–Crippen MR) is 107 cm³/mol. The van der Waals surface area contributed by atoms with Gasteiger partial charge in [0.25, 0.3) is 11.8 Å². The van der Waals surface area contributed by atoms with Crippen LogP contribution in [-0.2, 0) is 4.79 Å². The third kappa shape index (κ3) is 5.19. The Hall–Kier alpha value is -3.15. The molecule has 0 aliphatic carbocycles. The average Bonchev–Trinajstić information content (AvgIpc) is 2.77. The fourth-order valence-corrected chi connectivity index (χ4v) is 3.21. The minimum atomic E-state index is -0.124. The quantitative estimate of drug-likeness (QED) is 0.782. The minimum absolute atomic E-state index is 0.0105. The highest BCUT2D eigenvalue weighted by atomic mass is 16.2. The van der Waals surface area contributed by atoms with Crippen LogP contribution in [0.15, 0.2) is 60.7 Å². The second-order valence-corrected chi connectivity index (χ2v) is 6.76. The predicted octanol–water partition coefficient (Wildman–Crippen LogP) is 2.18. The summed E-state index contributed by atoms with van der Waals surface area (Å²) in [6, 6.07) is 18.2. The van der Waals surface area contributed by atoms with Gasteiger partial charge in [-0.1, -0.05) is 36.4 Å². The van der Waals surface area contributed by atoms with Crippen molar-refractivity contribution in [2.75, 3.05) is 32.7 Å². The maximum atomic E-state index is 12.5. The summed E-state index contributed by atoms with van der Waals surface area (Å²) in [5, 5.41) is 2.83. The first-order valence-corrected chi connectivity index (χ1v) is 9.60. The van der Waals surface area contributed by atoms with Gasteiger partial charge in [-0.2, -0.15) is 0 Å². The highest BCUT2D eigenvalue weighted by molar-refractivity contribution is 5.94. The van der Waals surface area contributed by atoms with E-state index in [2.05, 4.69) is 5.32 Å². The van der Waals surface area contributed by atoms with Crippen LogP contribution in [-0.4, -0.2) is 60.2 Å². The van der Waals surface area contributed by atoms with Crippen LogP contribution in [0.5, 0.6) is 0 Å². The lowest BCUT2D eigenvalue weighted by Crippen LogP contribution is -2.50. The molecule has 0 atom stereocenters. The normalized spacial score (nSPS) is 13.9. The standard InChI is InChI=1S/C22H25N3O3/c26-20(12-7-13-23-21(27)18-8-3-1-4-9-18)24-14-16-25(17-15-24)22(28)19-10-5-2-6-11-19/h1-6,8-11H,7,12-17H2,(H,23,27). The molecular formula is C22H25N3O3. The summed E-state index contributed by atoms with van der Waals surface area (Å²) < 4.78 is 0. The van der Waals surface area contributed by atoms with E-state index in [4.69, 9.17) is 0 Å². The molecule has 2 aromatic carbocycles. The number of carbonyl (C=O) groups excluding carboxylic acids is 3. The molecule has 6 nitrogen and oxygen atoms in total. The lowest BCUT2D eigenvalue weighted by Gasteiger charge is -2.35. The van der Waals surface area contributed by atoms with E-state index in [-0.39, 0.29) is 17.7 Å². The maximum absolute atomic E-state index is 12.5. The molecule has 1 saturated heterocycles. The summed E-state index contributed by atoms with van der Waals surface area (Å²) in [7, 11) is 0. The van der Waals surface area contributed by atoms with E-state index in [1.165, 1.54) is 0 Å². The van der Waals surface area contributed by atoms with E-state index in [1.807, 2.05) is 48.5 Å². The molecule has 3 rings (SSSR count). The molecule has 0 spiro atoms. The number of rotatable bonds is 6. The second kappa shape index (κ2) is 9.69. The Labute approximate surface area is 165 Å². The summed E-state index contributed by atoms with van der Waals surface area (Å²) in [6.07, 6.45) is 0.988. The van der Waals surface area contributed by atoms with Crippen LogP contribution in [0.1, 0.15) is 33.6 Å². The monoisotopic (exact) mass is 379 g/mol. The Balaban J connectivity index is 1.36. The van der Waals surface area contributed by atoms with Crippen LogP contribution in [0.25, 0.3) is 0 Å². The van der Waals surface area contributed by atoms with Crippen LogP contribution in [0.2, 0.25) is 0 Å². The summed E-state index contributed by atoms with van der Waals surface area (Å²) in [5.41, 5.74) is 1.30. The molecule has 0 radical (unpaired) electrons. The largest absolute Gasteiger partial charge is 0.352 e. The molecule has 2 aromatic rings. The minimum Gasteiger partial charge on any atom is -0.352 e. The van der Waals surface area contributed by atoms with E-state index in [0.717, 1.165) is 0 Å². The first-order chi connectivity index (χ1) is 13.6. The lowest BCUT2D eigenvalue weighted by atomic mass is 10.1. The SMILES string of the molecule is O=C(NCCCC(=O)N1CCN(C(=O)c2ccccc2)CC1)c1ccccc1. The topological polar surface area (TPSA) is 69.7 Å². The average molecular weight is 379 g/mol. The fraction of sp³-hybridized carbons (Fsp3) is 0.318. The van der Waals surface area contributed by atoms with Gasteiger partial charge in [-0.05, 0) is 30.7 Å². The van der Waals surface area contributed by atoms with Crippen molar-refractivity contribution in [2.24, 2.45) is 0 Å². The Kier molecular flexibility index (Phi) is 6.78. The van der Waals surface area contributed by atoms with Crippen LogP contribution >= 0.6 is 0 Å². The Morgan fingerprint density at radius 1 is 0.750 bits per heavy atom. The highest BCUT2D eigenvalue weighted by Crippen LogP contribution is 2.10. The molecule has 0 aromatic heterocycles. The van der Waals surface area contributed by atoms with E-state index < -0.39 is 0 Å². The van der Waals surface area contributed by atoms with Crippen molar-refractivity contribution >= 4 is 17.7 Å². The summed E-state index contributed by atoms with van der Waals surface area (Å²) in [4.78, 5) is 40.4. The number of piperazine rings is 1. The third-order valence-electron chi connectivity index (χ3n) is 4.83. The second-order valence-electron chi connectivity index (χ2n) is 6.76. The molecule has 6 heteroatoms. The smallest absolute Gasteiger partial charge is 0.253 e. The molecule has 28 heavy (non-hydrogen) atoms. The van der Waals surface area contributed by atoms with Gasteiger partial charge in [-0.25, -0.2) is 0 Å². The molecule has 1 fully saturated rings. The highest BCUT2D eigenvalue weighted by Gasteiger charge is 2.24. The molecule has 1 N–H and O–H groups in total. The van der Waals surface area contributed by atoms with Crippen LogP contribution in [0.3, 0.4) is 0 Å². The molecule has 1 heterocycles. The van der Waals surface area contributed by atoms with Crippen molar-refractivity contribution in [3.05, 3.63) is 71.8 Å². The first kappa shape index (κ1) is 19.6. The summed E-state index contributed by atoms with van der Waals surface area (Å²) >= 11 is 0. The molecule has 0 bridgehead atoms. The Morgan fingerprint density at radius 2 is 1.29 bits per heavy atom. The zero-order valence-electron chi connectivity index (χ0n) is 15.8. The maximum Gasteiger partial charge on any atom is 0.253 e. The molecule has 0 saturated carbocycles. The van der Waals surface area contributed by atoms with E-state index in [1.54, 1.807) is 21.9 Å². The van der Waals surface area contributed by atoms with Gasteiger partial charge in [0.05, 0.1) is 0 Å². The van der Waals surface area contributed by atoms with E-state index in [9.17, 15) is 14.4 Å². The van der Waals surface area contributed by atoms with E-state index >= 15 is 0 Å². The zero-order valence-corrected chi connectivity index (χ0v) is 15.8. The first-order valence-electron chi connectivity index (χ1n) is 9.60. The molecule has 146 valence electrons. The van der Waals surface area contributed by atoms with Gasteiger partial charge in [0.15, 0.2) is 0 Å². The van der Waals surface area contributed by atoms with Gasteiger partial charge in [-0.3, -0.25) is 14.4 Å². The van der Waals surface area contributed by atoms with Crippen molar-refractivity contribution < 1.29 is 14.4 Å². The molecule has 0 unspecified atom stereocenters. The van der Waals surface area contributed by atoms with Gasteiger partial charge in [0.2, 0.25) is 5.91 Å². The van der Waals surface area contributed by atoms with Crippen LogP contribution < -0.4 is 5.32 Å². The van der Waals surface area contributed by atoms with Gasteiger partial charge >= 0.3 is 0 Å². The van der Waals surface area contributed by atoms with Gasteiger partial charge in [-0.15, -0.1) is 0 Å². The summed E-state index contributed by atoms with van der Waals surface area (Å²) in [5.74, 6) is -0.0434. The van der Waals surface area contributed by atoms with Crippen LogP contribution in [0.4, 0.5) is 0 Å². The molecular weight excluding hydrogens is 354 g/mol. The van der Waals surface area contributed by atoms with Crippen molar-refractivity contribution in [1.82, 2.24) is 15.1 Å². The van der Waals surface area contributed by atoms with Gasteiger partial charge < -0.3 is 15.1 Å². The molecule has 1 aliphatic heterocycles. The number of carbonyl (C=O) groups is 3. The lowest BCUT2D eigenvalue weighted by molar-refractivity contribution is -0.132. The number of benzene rings is 2. The van der Waals surface area contributed by atoms with Crippen LogP contribution in [0, 0.1) is 0 Å². The number of hydrogen-bond donors (Lipinski definition) is 1. The third-order valence-corrected chi connectivity index (χ3v) is 4.83. The number of nitrogens with one attached hydrogen (secondary N) is 1. The number of hydrogen-bond acceptors (Lipinski definition) is 3. The molecule has 1 aliphatic rings. The fourth-order valence-electron chi connectivity index (χ4n) is 3.21. The molecule has 3 amide bonds. The van der Waals surface area contributed by atoms with Crippen molar-refractivity contribution in [3.63, 3.8) is 0 Å². The zero-order chi connectivity index (χ0) is 19.8. The van der Waals surface area contributed by atoms with E-state index in [0.29, 0.717) is 56.7 Å². The van der Waals surface area contributed by atoms with Crippen molar-refractivity contribution in [2.45, 2.75) is 12.8 Å².